The zero-order chi connectivity index (χ0) is 18.2. The molecule has 0 saturated carbocycles. The molecule has 0 fully saturated rings. The summed E-state index contributed by atoms with van der Waals surface area (Å²) in [6.45, 7) is 0.635. The molecule has 3 aromatic rings. The van der Waals surface area contributed by atoms with Gasteiger partial charge in [-0.25, -0.2) is 0 Å². The van der Waals surface area contributed by atoms with Crippen molar-refractivity contribution in [3.05, 3.63) is 102 Å². The first-order valence-corrected chi connectivity index (χ1v) is 10.0. The highest BCUT2D eigenvalue weighted by Gasteiger charge is 2.15. The fraction of sp³-hybridized carbons (Fsp3) is 0.174. The average molecular weight is 362 g/mol. The van der Waals surface area contributed by atoms with Gasteiger partial charge in [0.25, 0.3) is 5.91 Å². The van der Waals surface area contributed by atoms with E-state index in [0.29, 0.717) is 6.54 Å². The molecule has 3 aromatic carbocycles. The van der Waals surface area contributed by atoms with Gasteiger partial charge in [-0.2, -0.15) is 0 Å². The Bertz CT molecular complexity index is 794. The van der Waals surface area contributed by atoms with Crippen LogP contribution in [0, 0.1) is 0 Å². The van der Waals surface area contributed by atoms with Gasteiger partial charge in [0, 0.05) is 17.4 Å². The van der Waals surface area contributed by atoms with E-state index in [0.717, 1.165) is 16.9 Å². The Morgan fingerprint density at radius 2 is 1.38 bits per heavy atom. The minimum absolute atomic E-state index is 0.00479. The number of carbonyl (C=O) groups is 1. The van der Waals surface area contributed by atoms with E-state index in [1.165, 1.54) is 11.1 Å². The van der Waals surface area contributed by atoms with Crippen LogP contribution in [-0.2, 0) is 0 Å². The van der Waals surface area contributed by atoms with Gasteiger partial charge < -0.3 is 5.32 Å². The molecule has 3 heteroatoms. The van der Waals surface area contributed by atoms with Gasteiger partial charge in [-0.3, -0.25) is 4.79 Å². The molecule has 0 aliphatic rings. The van der Waals surface area contributed by atoms with Crippen LogP contribution in [0.3, 0.4) is 0 Å². The predicted octanol–water partition coefficient (Wildman–Crippen LogP) is 5.36. The second-order valence-corrected chi connectivity index (χ2v) is 6.97. The van der Waals surface area contributed by atoms with E-state index in [2.05, 4.69) is 53.8 Å². The molecule has 0 radical (unpaired) electrons. The first kappa shape index (κ1) is 18.3. The maximum absolute atomic E-state index is 12.6. The number of carbonyl (C=O) groups excluding carboxylic acids is 1. The fourth-order valence-electron chi connectivity index (χ4n) is 3.15. The molecule has 1 amide bonds. The summed E-state index contributed by atoms with van der Waals surface area (Å²) < 4.78 is 0. The van der Waals surface area contributed by atoms with Gasteiger partial charge in [0.2, 0.25) is 0 Å². The van der Waals surface area contributed by atoms with E-state index < -0.39 is 0 Å². The highest BCUT2D eigenvalue weighted by molar-refractivity contribution is 7.98. The van der Waals surface area contributed by atoms with Crippen molar-refractivity contribution in [2.24, 2.45) is 0 Å². The van der Waals surface area contributed by atoms with E-state index >= 15 is 0 Å². The van der Waals surface area contributed by atoms with E-state index in [1.807, 2.05) is 42.7 Å². The molecule has 0 aliphatic heterocycles. The second kappa shape index (κ2) is 9.25. The zero-order valence-corrected chi connectivity index (χ0v) is 15.7. The van der Waals surface area contributed by atoms with Gasteiger partial charge in [-0.1, -0.05) is 72.8 Å². The molecule has 0 atom stereocenters. The van der Waals surface area contributed by atoms with Crippen LogP contribution in [0.25, 0.3) is 0 Å². The average Bonchev–Trinajstić information content (AvgIpc) is 2.72. The summed E-state index contributed by atoms with van der Waals surface area (Å²) in [5.41, 5.74) is 3.30. The molecule has 0 unspecified atom stereocenters. The van der Waals surface area contributed by atoms with Crippen LogP contribution in [0.4, 0.5) is 0 Å². The third-order valence-electron chi connectivity index (χ3n) is 4.47. The maximum atomic E-state index is 12.6. The molecule has 0 bridgehead atoms. The molecule has 3 rings (SSSR count). The van der Waals surface area contributed by atoms with E-state index in [9.17, 15) is 4.79 Å². The van der Waals surface area contributed by atoms with Crippen molar-refractivity contribution in [3.63, 3.8) is 0 Å². The quantitative estimate of drug-likeness (QED) is 0.574. The summed E-state index contributed by atoms with van der Waals surface area (Å²) in [5.74, 6) is 0.267. The van der Waals surface area contributed by atoms with Crippen molar-refractivity contribution >= 4 is 17.7 Å². The Hall–Kier alpha value is -2.52. The number of amides is 1. The number of benzene rings is 3. The third kappa shape index (κ3) is 4.55. The van der Waals surface area contributed by atoms with Gasteiger partial charge in [0.1, 0.15) is 0 Å². The largest absolute Gasteiger partial charge is 0.352 e. The van der Waals surface area contributed by atoms with Crippen LogP contribution in [0.15, 0.2) is 89.8 Å². The van der Waals surface area contributed by atoms with Crippen LogP contribution in [-0.4, -0.2) is 18.7 Å². The topological polar surface area (TPSA) is 29.1 Å². The van der Waals surface area contributed by atoms with Crippen molar-refractivity contribution in [2.45, 2.75) is 17.2 Å². The number of rotatable bonds is 7. The van der Waals surface area contributed by atoms with Crippen LogP contribution >= 0.6 is 11.8 Å². The molecule has 0 saturated heterocycles. The van der Waals surface area contributed by atoms with Gasteiger partial charge in [-0.15, -0.1) is 11.8 Å². The smallest absolute Gasteiger partial charge is 0.252 e. The highest BCUT2D eigenvalue weighted by atomic mass is 32.2. The minimum Gasteiger partial charge on any atom is -0.352 e. The van der Waals surface area contributed by atoms with Crippen molar-refractivity contribution < 1.29 is 4.79 Å². The lowest BCUT2D eigenvalue weighted by Crippen LogP contribution is -2.26. The normalized spacial score (nSPS) is 10.7. The molecule has 1 N–H and O–H groups in total. The van der Waals surface area contributed by atoms with E-state index in [-0.39, 0.29) is 11.8 Å². The molecule has 132 valence electrons. The summed E-state index contributed by atoms with van der Waals surface area (Å²) >= 11 is 1.60. The summed E-state index contributed by atoms with van der Waals surface area (Å²) in [4.78, 5) is 13.6. The van der Waals surface area contributed by atoms with Crippen LogP contribution in [0.5, 0.6) is 0 Å². The van der Waals surface area contributed by atoms with Crippen LogP contribution in [0.1, 0.15) is 33.8 Å². The highest BCUT2D eigenvalue weighted by Crippen LogP contribution is 2.27. The number of hydrogen-bond donors (Lipinski definition) is 1. The monoisotopic (exact) mass is 361 g/mol. The molecule has 2 nitrogen and oxygen atoms in total. The Labute approximate surface area is 159 Å². The lowest BCUT2D eigenvalue weighted by molar-refractivity contribution is 0.0950. The minimum atomic E-state index is -0.00479. The molecule has 26 heavy (non-hydrogen) atoms. The van der Waals surface area contributed by atoms with Crippen LogP contribution < -0.4 is 5.32 Å². The fourth-order valence-corrected chi connectivity index (χ4v) is 3.75. The van der Waals surface area contributed by atoms with Crippen molar-refractivity contribution in [1.29, 1.82) is 0 Å². The van der Waals surface area contributed by atoms with Gasteiger partial charge in [0.05, 0.1) is 5.56 Å². The second-order valence-electron chi connectivity index (χ2n) is 6.12. The molecular weight excluding hydrogens is 338 g/mol. The SMILES string of the molecule is CSc1ccccc1C(=O)NCCC(c1ccccc1)c1ccccc1. The van der Waals surface area contributed by atoms with E-state index in [1.54, 1.807) is 11.8 Å². The summed E-state index contributed by atoms with van der Waals surface area (Å²) in [5, 5.41) is 3.09. The van der Waals surface area contributed by atoms with Crippen molar-refractivity contribution in [1.82, 2.24) is 5.32 Å². The molecule has 0 aliphatic carbocycles. The van der Waals surface area contributed by atoms with Gasteiger partial charge in [0.15, 0.2) is 0 Å². The third-order valence-corrected chi connectivity index (χ3v) is 5.27. The lowest BCUT2D eigenvalue weighted by Gasteiger charge is -2.18. The summed E-state index contributed by atoms with van der Waals surface area (Å²) in [7, 11) is 0. The van der Waals surface area contributed by atoms with Gasteiger partial charge >= 0.3 is 0 Å². The standard InChI is InChI=1S/C23H23NOS/c1-26-22-15-9-8-14-21(22)23(25)24-17-16-20(18-10-4-2-5-11-18)19-12-6-3-7-13-19/h2-15,20H,16-17H2,1H3,(H,24,25). The lowest BCUT2D eigenvalue weighted by atomic mass is 9.88. The first-order valence-electron chi connectivity index (χ1n) is 8.80. The number of nitrogens with one attached hydrogen (secondary N) is 1. The zero-order valence-electron chi connectivity index (χ0n) is 14.9. The Morgan fingerprint density at radius 3 is 1.96 bits per heavy atom. The molecule has 0 heterocycles. The van der Waals surface area contributed by atoms with Crippen molar-refractivity contribution in [3.8, 4) is 0 Å². The number of thioether (sulfide) groups is 1. The van der Waals surface area contributed by atoms with Gasteiger partial charge in [-0.05, 0) is 35.9 Å². The Balaban J connectivity index is 1.70. The molecular formula is C23H23NOS. The summed E-state index contributed by atoms with van der Waals surface area (Å²) in [6.07, 6.45) is 2.86. The summed E-state index contributed by atoms with van der Waals surface area (Å²) in [6, 6.07) is 28.7. The molecule has 0 aromatic heterocycles. The van der Waals surface area contributed by atoms with Crippen LogP contribution in [0.2, 0.25) is 0 Å². The Kier molecular flexibility index (Phi) is 6.50. The number of hydrogen-bond acceptors (Lipinski definition) is 2. The van der Waals surface area contributed by atoms with E-state index in [4.69, 9.17) is 0 Å². The maximum Gasteiger partial charge on any atom is 0.252 e. The Morgan fingerprint density at radius 1 is 0.846 bits per heavy atom. The van der Waals surface area contributed by atoms with Crippen molar-refractivity contribution in [2.75, 3.05) is 12.8 Å². The first-order chi connectivity index (χ1) is 12.8. The molecule has 0 spiro atoms. The predicted molar refractivity (Wildman–Crippen MR) is 110 cm³/mol.